The normalized spacial score (nSPS) is 16.8. The Kier molecular flexibility index (Phi) is 6.07. The molecule has 0 bridgehead atoms. The van der Waals surface area contributed by atoms with Crippen molar-refractivity contribution in [1.29, 1.82) is 0 Å². The number of halogens is 1. The molecule has 1 amide bonds. The van der Waals surface area contributed by atoms with Crippen molar-refractivity contribution in [2.75, 3.05) is 13.1 Å². The largest absolute Gasteiger partial charge is 0.349 e. The molecule has 0 unspecified atom stereocenters. The zero-order valence-corrected chi connectivity index (χ0v) is 18.1. The summed E-state index contributed by atoms with van der Waals surface area (Å²) in [6.07, 6.45) is 0.910. The highest BCUT2D eigenvalue weighted by atomic mass is 32.2. The van der Waals surface area contributed by atoms with Crippen LogP contribution in [0.2, 0.25) is 0 Å². The van der Waals surface area contributed by atoms with Crippen LogP contribution < -0.4 is 5.32 Å². The summed E-state index contributed by atoms with van der Waals surface area (Å²) in [6, 6.07) is 18.9. The molecule has 0 radical (unpaired) electrons. The van der Waals surface area contributed by atoms with E-state index in [9.17, 15) is 17.6 Å². The van der Waals surface area contributed by atoms with Gasteiger partial charge in [0, 0.05) is 19.0 Å². The second-order valence-electron chi connectivity index (χ2n) is 7.97. The van der Waals surface area contributed by atoms with E-state index in [1.807, 2.05) is 37.3 Å². The van der Waals surface area contributed by atoms with Crippen molar-refractivity contribution in [2.45, 2.75) is 30.7 Å². The summed E-state index contributed by atoms with van der Waals surface area (Å²) in [4.78, 5) is 12.9. The number of sulfonamides is 1. The average molecular weight is 441 g/mol. The molecule has 3 aromatic rings. The first-order valence-electron chi connectivity index (χ1n) is 10.4. The summed E-state index contributed by atoms with van der Waals surface area (Å²) in [5, 5.41) is 5.35. The summed E-state index contributed by atoms with van der Waals surface area (Å²) in [7, 11) is -3.68. The molecule has 162 valence electrons. The molecule has 1 atom stereocenters. The Morgan fingerprint density at radius 2 is 1.65 bits per heavy atom. The molecule has 1 aliphatic heterocycles. The van der Waals surface area contributed by atoms with Crippen LogP contribution in [-0.2, 0) is 14.8 Å². The van der Waals surface area contributed by atoms with Gasteiger partial charge < -0.3 is 5.32 Å². The topological polar surface area (TPSA) is 66.5 Å². The predicted molar refractivity (Wildman–Crippen MR) is 118 cm³/mol. The van der Waals surface area contributed by atoms with E-state index in [4.69, 9.17) is 0 Å². The number of rotatable bonds is 5. The number of hydrogen-bond donors (Lipinski definition) is 1. The van der Waals surface area contributed by atoms with Crippen molar-refractivity contribution >= 4 is 26.7 Å². The van der Waals surface area contributed by atoms with E-state index in [-0.39, 0.29) is 35.9 Å². The van der Waals surface area contributed by atoms with Gasteiger partial charge in [-0.1, -0.05) is 36.4 Å². The fourth-order valence-electron chi connectivity index (χ4n) is 4.01. The third-order valence-corrected chi connectivity index (χ3v) is 7.82. The molecule has 0 aromatic heterocycles. The zero-order chi connectivity index (χ0) is 22.0. The van der Waals surface area contributed by atoms with Gasteiger partial charge in [0.15, 0.2) is 0 Å². The van der Waals surface area contributed by atoms with Crippen LogP contribution in [0.25, 0.3) is 10.8 Å². The molecule has 31 heavy (non-hydrogen) atoms. The fourth-order valence-corrected chi connectivity index (χ4v) is 5.48. The van der Waals surface area contributed by atoms with Crippen LogP contribution in [0, 0.1) is 11.7 Å². The van der Waals surface area contributed by atoms with Crippen LogP contribution in [-0.4, -0.2) is 31.7 Å². The first-order chi connectivity index (χ1) is 14.8. The predicted octanol–water partition coefficient (Wildman–Crippen LogP) is 4.26. The van der Waals surface area contributed by atoms with Crippen LogP contribution >= 0.6 is 0 Å². The Bertz CT molecular complexity index is 1190. The summed E-state index contributed by atoms with van der Waals surface area (Å²) < 4.78 is 40.0. The van der Waals surface area contributed by atoms with E-state index >= 15 is 0 Å². The number of amides is 1. The van der Waals surface area contributed by atoms with Crippen molar-refractivity contribution in [2.24, 2.45) is 5.92 Å². The highest BCUT2D eigenvalue weighted by Gasteiger charge is 2.32. The molecule has 0 spiro atoms. The monoisotopic (exact) mass is 440 g/mol. The Labute approximate surface area is 181 Å². The van der Waals surface area contributed by atoms with Gasteiger partial charge >= 0.3 is 0 Å². The van der Waals surface area contributed by atoms with Crippen LogP contribution in [0.4, 0.5) is 4.39 Å². The van der Waals surface area contributed by atoms with Gasteiger partial charge in [-0.05, 0) is 66.4 Å². The third kappa shape index (κ3) is 4.62. The molecule has 1 fully saturated rings. The standard InChI is InChI=1S/C24H25FN2O3S/c1-17(20-7-6-18-4-2-3-5-21(18)16-20)26-24(28)19-12-14-27(15-13-19)31(29,30)23-10-8-22(25)9-11-23/h2-11,16-17,19H,12-15H2,1H3,(H,26,28)/t17-/m0/s1. The average Bonchev–Trinajstić information content (AvgIpc) is 2.79. The summed E-state index contributed by atoms with van der Waals surface area (Å²) in [5.41, 5.74) is 1.03. The molecule has 4 rings (SSSR count). The Hall–Kier alpha value is -2.77. The minimum absolute atomic E-state index is 0.0560. The highest BCUT2D eigenvalue weighted by molar-refractivity contribution is 7.89. The number of fused-ring (bicyclic) bond motifs is 1. The van der Waals surface area contributed by atoms with Gasteiger partial charge in [0.1, 0.15) is 5.82 Å². The van der Waals surface area contributed by atoms with Crippen molar-refractivity contribution in [3.05, 3.63) is 78.1 Å². The maximum absolute atomic E-state index is 13.1. The van der Waals surface area contributed by atoms with Gasteiger partial charge in [-0.15, -0.1) is 0 Å². The Morgan fingerprint density at radius 3 is 2.32 bits per heavy atom. The fraction of sp³-hybridized carbons (Fsp3) is 0.292. The number of carbonyl (C=O) groups excluding carboxylic acids is 1. The molecule has 1 saturated heterocycles. The smallest absolute Gasteiger partial charge is 0.243 e. The molecular weight excluding hydrogens is 415 g/mol. The maximum atomic E-state index is 13.1. The molecule has 0 aliphatic carbocycles. The Morgan fingerprint density at radius 1 is 1.00 bits per heavy atom. The van der Waals surface area contributed by atoms with Crippen molar-refractivity contribution in [3.8, 4) is 0 Å². The minimum Gasteiger partial charge on any atom is -0.349 e. The number of benzene rings is 3. The van der Waals surface area contributed by atoms with Gasteiger partial charge in [0.2, 0.25) is 15.9 Å². The molecule has 7 heteroatoms. The van der Waals surface area contributed by atoms with Crippen LogP contribution in [0.3, 0.4) is 0 Å². The lowest BCUT2D eigenvalue weighted by atomic mass is 9.96. The lowest BCUT2D eigenvalue weighted by molar-refractivity contribution is -0.126. The summed E-state index contributed by atoms with van der Waals surface area (Å²) >= 11 is 0. The van der Waals surface area contributed by atoms with E-state index in [1.165, 1.54) is 16.4 Å². The molecule has 0 saturated carbocycles. The molecule has 5 nitrogen and oxygen atoms in total. The first kappa shape index (κ1) is 21.5. The lowest BCUT2D eigenvalue weighted by Crippen LogP contribution is -2.43. The number of carbonyl (C=O) groups is 1. The summed E-state index contributed by atoms with van der Waals surface area (Å²) in [5.74, 6) is -0.767. The summed E-state index contributed by atoms with van der Waals surface area (Å²) in [6.45, 7) is 2.49. The second-order valence-corrected chi connectivity index (χ2v) is 9.91. The van der Waals surface area contributed by atoms with Gasteiger partial charge in [-0.2, -0.15) is 4.31 Å². The van der Waals surface area contributed by atoms with Gasteiger partial charge in [0.05, 0.1) is 10.9 Å². The highest BCUT2D eigenvalue weighted by Crippen LogP contribution is 2.26. The molecule has 1 heterocycles. The van der Waals surface area contributed by atoms with E-state index in [0.717, 1.165) is 28.5 Å². The van der Waals surface area contributed by atoms with Crippen LogP contribution in [0.15, 0.2) is 71.6 Å². The van der Waals surface area contributed by atoms with Gasteiger partial charge in [0.25, 0.3) is 0 Å². The number of nitrogens with zero attached hydrogens (tertiary/aromatic N) is 1. The number of piperidine rings is 1. The SMILES string of the molecule is C[C@H](NC(=O)C1CCN(S(=O)(=O)c2ccc(F)cc2)CC1)c1ccc2ccccc2c1. The quantitative estimate of drug-likeness (QED) is 0.645. The van der Waals surface area contributed by atoms with E-state index in [0.29, 0.717) is 12.8 Å². The lowest BCUT2D eigenvalue weighted by Gasteiger charge is -2.31. The van der Waals surface area contributed by atoms with E-state index in [1.54, 1.807) is 0 Å². The molecule has 1 aliphatic rings. The molecule has 3 aromatic carbocycles. The van der Waals surface area contributed by atoms with Gasteiger partial charge in [-0.25, -0.2) is 12.8 Å². The van der Waals surface area contributed by atoms with Crippen molar-refractivity contribution in [1.82, 2.24) is 9.62 Å². The zero-order valence-electron chi connectivity index (χ0n) is 17.3. The van der Waals surface area contributed by atoms with Crippen molar-refractivity contribution < 1.29 is 17.6 Å². The maximum Gasteiger partial charge on any atom is 0.243 e. The number of hydrogen-bond acceptors (Lipinski definition) is 3. The minimum atomic E-state index is -3.68. The van der Waals surface area contributed by atoms with E-state index < -0.39 is 15.8 Å². The molecule has 1 N–H and O–H groups in total. The first-order valence-corrected chi connectivity index (χ1v) is 11.8. The number of nitrogens with one attached hydrogen (secondary N) is 1. The van der Waals surface area contributed by atoms with Crippen LogP contribution in [0.5, 0.6) is 0 Å². The Balaban J connectivity index is 1.37. The molecular formula is C24H25FN2O3S. The van der Waals surface area contributed by atoms with Crippen LogP contribution in [0.1, 0.15) is 31.4 Å². The van der Waals surface area contributed by atoms with Crippen molar-refractivity contribution in [3.63, 3.8) is 0 Å². The van der Waals surface area contributed by atoms with E-state index in [2.05, 4.69) is 17.4 Å². The third-order valence-electron chi connectivity index (χ3n) is 5.91. The van der Waals surface area contributed by atoms with Gasteiger partial charge in [-0.3, -0.25) is 4.79 Å². The second kappa shape index (κ2) is 8.77.